The maximum absolute atomic E-state index is 12.0. The van der Waals surface area contributed by atoms with Crippen LogP contribution in [0, 0.1) is 6.92 Å². The highest BCUT2D eigenvalue weighted by atomic mass is 16.7. The second kappa shape index (κ2) is 9.66. The van der Waals surface area contributed by atoms with Crippen LogP contribution in [0.3, 0.4) is 0 Å². The summed E-state index contributed by atoms with van der Waals surface area (Å²) in [6, 6.07) is 6.61. The fourth-order valence-electron chi connectivity index (χ4n) is 3.71. The molecule has 0 bridgehead atoms. The standard InChI is InChI=1S/C23H26O9/c1-4-6-16(25)30-10-15-19(26)21(28)22(29)23(32-15)31-14-8-5-7-13-9-11(2)17(12(3)24)20(27)18(13)14/h4-9,15,19,21-23,26-29H,10H2,1-3H3/b6-4+/t15-,19-,21+,22-,23-/m1/s1. The summed E-state index contributed by atoms with van der Waals surface area (Å²) in [6.45, 7) is 4.29. The van der Waals surface area contributed by atoms with Crippen LogP contribution in [0.4, 0.5) is 0 Å². The van der Waals surface area contributed by atoms with E-state index < -0.39 is 36.7 Å². The van der Waals surface area contributed by atoms with Gasteiger partial charge in [0.25, 0.3) is 0 Å². The Morgan fingerprint density at radius 3 is 2.53 bits per heavy atom. The number of benzene rings is 2. The summed E-state index contributed by atoms with van der Waals surface area (Å²) in [7, 11) is 0. The van der Waals surface area contributed by atoms with Gasteiger partial charge in [-0.05, 0) is 37.8 Å². The van der Waals surface area contributed by atoms with Crippen LogP contribution in [0.25, 0.3) is 10.8 Å². The number of aromatic hydroxyl groups is 1. The van der Waals surface area contributed by atoms with Crippen LogP contribution in [0.2, 0.25) is 0 Å². The highest BCUT2D eigenvalue weighted by molar-refractivity contribution is 6.06. The predicted octanol–water partition coefficient (Wildman–Crippen LogP) is 1.36. The molecule has 4 N–H and O–H groups in total. The summed E-state index contributed by atoms with van der Waals surface area (Å²) in [5.41, 5.74) is 0.734. The van der Waals surface area contributed by atoms with Crippen molar-refractivity contribution in [1.82, 2.24) is 0 Å². The molecule has 1 aliphatic heterocycles. The Kier molecular flexibility index (Phi) is 7.15. The fraction of sp³-hybridized carbons (Fsp3) is 0.391. The number of ketones is 1. The van der Waals surface area contributed by atoms with Gasteiger partial charge in [-0.2, -0.15) is 0 Å². The van der Waals surface area contributed by atoms with Crippen molar-refractivity contribution in [3.63, 3.8) is 0 Å². The van der Waals surface area contributed by atoms with Gasteiger partial charge in [-0.3, -0.25) is 4.79 Å². The molecule has 0 aromatic heterocycles. The molecule has 1 heterocycles. The van der Waals surface area contributed by atoms with E-state index in [0.29, 0.717) is 10.9 Å². The molecule has 0 saturated carbocycles. The molecule has 1 fully saturated rings. The number of aliphatic hydroxyl groups excluding tert-OH is 3. The summed E-state index contributed by atoms with van der Waals surface area (Å²) in [6.07, 6.45) is -4.77. The Morgan fingerprint density at radius 1 is 1.16 bits per heavy atom. The molecule has 32 heavy (non-hydrogen) atoms. The van der Waals surface area contributed by atoms with Gasteiger partial charge in [-0.25, -0.2) is 4.79 Å². The number of hydrogen-bond acceptors (Lipinski definition) is 9. The number of Topliss-reactive ketones (excluding diaryl/α,β-unsaturated/α-hetero) is 1. The van der Waals surface area contributed by atoms with Gasteiger partial charge in [0.2, 0.25) is 6.29 Å². The van der Waals surface area contributed by atoms with Crippen LogP contribution >= 0.6 is 0 Å². The van der Waals surface area contributed by atoms with Gasteiger partial charge in [-0.15, -0.1) is 0 Å². The largest absolute Gasteiger partial charge is 0.506 e. The van der Waals surface area contributed by atoms with Crippen molar-refractivity contribution in [1.29, 1.82) is 0 Å². The number of phenolic OH excluding ortho intramolecular Hbond substituents is 1. The number of aliphatic hydroxyl groups is 3. The molecule has 5 atom stereocenters. The first kappa shape index (κ1) is 23.7. The first-order chi connectivity index (χ1) is 15.1. The van der Waals surface area contributed by atoms with Crippen molar-refractivity contribution in [3.8, 4) is 11.5 Å². The number of aryl methyl sites for hydroxylation is 1. The number of fused-ring (bicyclic) bond motifs is 1. The second-order valence-corrected chi connectivity index (χ2v) is 7.59. The highest BCUT2D eigenvalue weighted by Gasteiger charge is 2.45. The molecule has 2 aromatic carbocycles. The van der Waals surface area contributed by atoms with E-state index in [-0.39, 0.29) is 34.8 Å². The minimum absolute atomic E-state index is 0.0970. The van der Waals surface area contributed by atoms with E-state index >= 15 is 0 Å². The lowest BCUT2D eigenvalue weighted by Gasteiger charge is -2.40. The lowest BCUT2D eigenvalue weighted by Crippen LogP contribution is -2.60. The fourth-order valence-corrected chi connectivity index (χ4v) is 3.71. The minimum Gasteiger partial charge on any atom is -0.506 e. The van der Waals surface area contributed by atoms with Crippen LogP contribution in [-0.4, -0.2) is 69.5 Å². The SMILES string of the molecule is C/C=C/C(=O)OC[C@H]1O[C@@H](Oc2cccc3cc(C)c(C(C)=O)c(O)c23)[C@H](O)[C@@H](O)[C@@H]1O. The Morgan fingerprint density at radius 2 is 1.88 bits per heavy atom. The number of ether oxygens (including phenoxy) is 3. The van der Waals surface area contributed by atoms with E-state index in [1.807, 2.05) is 0 Å². The van der Waals surface area contributed by atoms with E-state index in [9.17, 15) is 30.0 Å². The van der Waals surface area contributed by atoms with Crippen molar-refractivity contribution in [3.05, 3.63) is 47.5 Å². The molecule has 3 rings (SSSR count). The molecule has 172 valence electrons. The zero-order valence-electron chi connectivity index (χ0n) is 17.9. The monoisotopic (exact) mass is 446 g/mol. The summed E-state index contributed by atoms with van der Waals surface area (Å²) >= 11 is 0. The maximum Gasteiger partial charge on any atom is 0.330 e. The molecule has 1 saturated heterocycles. The number of carbonyl (C=O) groups is 2. The number of allylic oxidation sites excluding steroid dienone is 1. The maximum atomic E-state index is 12.0. The van der Waals surface area contributed by atoms with Gasteiger partial charge in [0, 0.05) is 6.08 Å². The average Bonchev–Trinajstić information content (AvgIpc) is 2.73. The molecular formula is C23H26O9. The van der Waals surface area contributed by atoms with Crippen molar-refractivity contribution in [2.24, 2.45) is 0 Å². The van der Waals surface area contributed by atoms with Gasteiger partial charge in [0.15, 0.2) is 5.78 Å². The van der Waals surface area contributed by atoms with Crippen LogP contribution < -0.4 is 4.74 Å². The molecule has 0 aliphatic carbocycles. The first-order valence-electron chi connectivity index (χ1n) is 10.1. The van der Waals surface area contributed by atoms with E-state index in [1.165, 1.54) is 25.1 Å². The molecule has 0 spiro atoms. The number of rotatable bonds is 6. The molecule has 0 unspecified atom stereocenters. The van der Waals surface area contributed by atoms with Gasteiger partial charge >= 0.3 is 5.97 Å². The number of carbonyl (C=O) groups excluding carboxylic acids is 2. The van der Waals surface area contributed by atoms with Crippen molar-refractivity contribution >= 4 is 22.5 Å². The van der Waals surface area contributed by atoms with E-state index in [4.69, 9.17) is 14.2 Å². The smallest absolute Gasteiger partial charge is 0.330 e. The Bertz CT molecular complexity index is 1050. The molecule has 2 aromatic rings. The van der Waals surface area contributed by atoms with Crippen LogP contribution in [0.5, 0.6) is 11.5 Å². The van der Waals surface area contributed by atoms with Crippen molar-refractivity contribution in [2.75, 3.05) is 6.61 Å². The Labute approximate surface area is 184 Å². The lowest BCUT2D eigenvalue weighted by atomic mass is 9.97. The molecule has 1 aliphatic rings. The summed E-state index contributed by atoms with van der Waals surface area (Å²) in [5.74, 6) is -1.16. The minimum atomic E-state index is -1.64. The van der Waals surface area contributed by atoms with Gasteiger partial charge in [0.05, 0.1) is 10.9 Å². The molecular weight excluding hydrogens is 420 g/mol. The third-order valence-corrected chi connectivity index (χ3v) is 5.25. The molecule has 0 amide bonds. The summed E-state index contributed by atoms with van der Waals surface area (Å²) in [5, 5.41) is 42.4. The second-order valence-electron chi connectivity index (χ2n) is 7.59. The van der Waals surface area contributed by atoms with Crippen molar-refractivity contribution < 1.29 is 44.2 Å². The third-order valence-electron chi connectivity index (χ3n) is 5.25. The highest BCUT2D eigenvalue weighted by Crippen LogP contribution is 2.39. The average molecular weight is 446 g/mol. The molecule has 9 heteroatoms. The van der Waals surface area contributed by atoms with Crippen LogP contribution in [-0.2, 0) is 14.3 Å². The third kappa shape index (κ3) is 4.61. The Balaban J connectivity index is 1.92. The summed E-state index contributed by atoms with van der Waals surface area (Å²) < 4.78 is 16.3. The topological polar surface area (TPSA) is 143 Å². The van der Waals surface area contributed by atoms with E-state index in [0.717, 1.165) is 0 Å². The van der Waals surface area contributed by atoms with Crippen LogP contribution in [0.15, 0.2) is 36.4 Å². The van der Waals surface area contributed by atoms with Gasteiger partial charge in [-0.1, -0.05) is 24.3 Å². The van der Waals surface area contributed by atoms with Crippen molar-refractivity contribution in [2.45, 2.75) is 51.5 Å². The van der Waals surface area contributed by atoms with Gasteiger partial charge in [0.1, 0.15) is 42.5 Å². The zero-order chi connectivity index (χ0) is 23.6. The zero-order valence-corrected chi connectivity index (χ0v) is 17.9. The quantitative estimate of drug-likeness (QED) is 0.294. The first-order valence-corrected chi connectivity index (χ1v) is 10.1. The lowest BCUT2D eigenvalue weighted by molar-refractivity contribution is -0.278. The number of hydrogen-bond donors (Lipinski definition) is 4. The van der Waals surface area contributed by atoms with E-state index in [1.54, 1.807) is 32.0 Å². The predicted molar refractivity (Wildman–Crippen MR) is 113 cm³/mol. The molecule has 0 radical (unpaired) electrons. The normalized spacial score (nSPS) is 25.8. The van der Waals surface area contributed by atoms with E-state index in [2.05, 4.69) is 0 Å². The molecule has 9 nitrogen and oxygen atoms in total. The van der Waals surface area contributed by atoms with Crippen LogP contribution in [0.1, 0.15) is 29.8 Å². The number of esters is 1. The van der Waals surface area contributed by atoms with Gasteiger partial charge < -0.3 is 34.6 Å². The summed E-state index contributed by atoms with van der Waals surface area (Å²) in [4.78, 5) is 23.6. The number of phenols is 1. The Hall–Kier alpha value is -2.98.